The second-order valence-corrected chi connectivity index (χ2v) is 4.46. The molecule has 0 amide bonds. The van der Waals surface area contributed by atoms with E-state index in [2.05, 4.69) is 0 Å². The third-order valence-electron chi connectivity index (χ3n) is 2.60. The van der Waals surface area contributed by atoms with Crippen molar-refractivity contribution in [1.29, 1.82) is 0 Å². The van der Waals surface area contributed by atoms with Crippen LogP contribution in [0.1, 0.15) is 15.9 Å². The minimum atomic E-state index is -0.554. The van der Waals surface area contributed by atoms with Crippen molar-refractivity contribution < 1.29 is 14.5 Å². The molecular weight excluding hydrogens is 282 g/mol. The van der Waals surface area contributed by atoms with E-state index in [0.29, 0.717) is 16.9 Å². The fourth-order valence-corrected chi connectivity index (χ4v) is 1.87. The van der Waals surface area contributed by atoms with Gasteiger partial charge in [-0.15, -0.1) is 0 Å². The Bertz CT molecular complexity index is 657. The predicted molar refractivity (Wildman–Crippen MR) is 74.3 cm³/mol. The Kier molecular flexibility index (Phi) is 4.32. The fraction of sp³-hybridized carbons (Fsp3) is 0.0714. The number of nitro groups is 1. The SMILES string of the molecule is O=Cc1ccc([N+](=O)[O-])c(OCc2cccc(Cl)c2)c1. The van der Waals surface area contributed by atoms with Gasteiger partial charge in [0.15, 0.2) is 5.75 Å². The normalized spacial score (nSPS) is 10.1. The van der Waals surface area contributed by atoms with Crippen molar-refractivity contribution in [2.45, 2.75) is 6.61 Å². The molecule has 2 aromatic carbocycles. The lowest BCUT2D eigenvalue weighted by Gasteiger charge is -2.07. The zero-order valence-electron chi connectivity index (χ0n) is 10.3. The molecule has 102 valence electrons. The average Bonchev–Trinajstić information content (AvgIpc) is 2.44. The molecule has 20 heavy (non-hydrogen) atoms. The number of carbonyl (C=O) groups excluding carboxylic acids is 1. The van der Waals surface area contributed by atoms with Gasteiger partial charge in [0.25, 0.3) is 0 Å². The molecule has 0 aromatic heterocycles. The first-order valence-corrected chi connectivity index (χ1v) is 6.09. The van der Waals surface area contributed by atoms with Crippen molar-refractivity contribution in [3.63, 3.8) is 0 Å². The molecule has 2 rings (SSSR count). The second-order valence-electron chi connectivity index (χ2n) is 4.02. The Morgan fingerprint density at radius 2 is 2.05 bits per heavy atom. The van der Waals surface area contributed by atoms with Crippen molar-refractivity contribution in [3.05, 3.63) is 68.7 Å². The number of carbonyl (C=O) groups is 1. The molecule has 0 N–H and O–H groups in total. The van der Waals surface area contributed by atoms with Crippen LogP contribution in [0.3, 0.4) is 0 Å². The molecule has 5 nitrogen and oxygen atoms in total. The summed E-state index contributed by atoms with van der Waals surface area (Å²) in [4.78, 5) is 21.1. The highest BCUT2D eigenvalue weighted by Crippen LogP contribution is 2.28. The summed E-state index contributed by atoms with van der Waals surface area (Å²) in [6.45, 7) is 0.129. The number of aldehydes is 1. The van der Waals surface area contributed by atoms with Gasteiger partial charge in [-0.1, -0.05) is 23.7 Å². The molecular formula is C14H10ClNO4. The lowest BCUT2D eigenvalue weighted by molar-refractivity contribution is -0.385. The van der Waals surface area contributed by atoms with E-state index in [-0.39, 0.29) is 18.0 Å². The average molecular weight is 292 g/mol. The van der Waals surface area contributed by atoms with E-state index >= 15 is 0 Å². The molecule has 0 unspecified atom stereocenters. The van der Waals surface area contributed by atoms with E-state index < -0.39 is 4.92 Å². The summed E-state index contributed by atoms with van der Waals surface area (Å²) >= 11 is 5.85. The molecule has 2 aromatic rings. The van der Waals surface area contributed by atoms with Crippen LogP contribution in [0.2, 0.25) is 5.02 Å². The van der Waals surface area contributed by atoms with Gasteiger partial charge in [0.05, 0.1) is 4.92 Å². The van der Waals surface area contributed by atoms with Crippen LogP contribution in [-0.4, -0.2) is 11.2 Å². The standard InChI is InChI=1S/C14H10ClNO4/c15-12-3-1-2-11(6-12)9-20-14-7-10(8-17)4-5-13(14)16(18)19/h1-8H,9H2. The largest absolute Gasteiger partial charge is 0.482 e. The molecule has 0 aliphatic heterocycles. The topological polar surface area (TPSA) is 69.4 Å². The molecule has 0 bridgehead atoms. The number of rotatable bonds is 5. The first-order chi connectivity index (χ1) is 9.60. The van der Waals surface area contributed by atoms with Crippen LogP contribution in [0, 0.1) is 10.1 Å². The van der Waals surface area contributed by atoms with Crippen molar-refractivity contribution in [2.75, 3.05) is 0 Å². The highest BCUT2D eigenvalue weighted by Gasteiger charge is 2.15. The van der Waals surface area contributed by atoms with Crippen LogP contribution < -0.4 is 4.74 Å². The van der Waals surface area contributed by atoms with Crippen LogP contribution in [0.25, 0.3) is 0 Å². The Labute approximate surface area is 119 Å². The smallest absolute Gasteiger partial charge is 0.310 e. The number of halogens is 1. The third-order valence-corrected chi connectivity index (χ3v) is 2.84. The molecule has 0 aliphatic carbocycles. The van der Waals surface area contributed by atoms with Crippen LogP contribution in [-0.2, 0) is 6.61 Å². The maximum absolute atomic E-state index is 10.9. The first kappa shape index (κ1) is 14.0. The predicted octanol–water partition coefficient (Wildman–Crippen LogP) is 3.64. The number of hydrogen-bond donors (Lipinski definition) is 0. The van der Waals surface area contributed by atoms with Crippen molar-refractivity contribution >= 4 is 23.6 Å². The minimum Gasteiger partial charge on any atom is -0.482 e. The molecule has 0 spiro atoms. The quantitative estimate of drug-likeness (QED) is 0.479. The molecule has 6 heteroatoms. The minimum absolute atomic E-state index is 0.0552. The van der Waals surface area contributed by atoms with Crippen LogP contribution in [0.4, 0.5) is 5.69 Å². The van der Waals surface area contributed by atoms with Crippen LogP contribution in [0.5, 0.6) is 5.75 Å². The summed E-state index contributed by atoms with van der Waals surface area (Å²) in [6, 6.07) is 10.9. The van der Waals surface area contributed by atoms with Gasteiger partial charge in [-0.2, -0.15) is 0 Å². The van der Waals surface area contributed by atoms with Gasteiger partial charge >= 0.3 is 5.69 Å². The van der Waals surface area contributed by atoms with Crippen LogP contribution >= 0.6 is 11.6 Å². The molecule has 0 aliphatic rings. The summed E-state index contributed by atoms with van der Waals surface area (Å²) in [5.74, 6) is 0.0552. The number of nitrogens with zero attached hydrogens (tertiary/aromatic N) is 1. The van der Waals surface area contributed by atoms with E-state index in [9.17, 15) is 14.9 Å². The Morgan fingerprint density at radius 1 is 1.25 bits per heavy atom. The summed E-state index contributed by atoms with van der Waals surface area (Å²) in [6.07, 6.45) is 0.607. The van der Waals surface area contributed by atoms with E-state index in [0.717, 1.165) is 5.56 Å². The van der Waals surface area contributed by atoms with Gasteiger partial charge < -0.3 is 4.74 Å². The molecule has 0 heterocycles. The summed E-state index contributed by atoms with van der Waals surface area (Å²) in [5.41, 5.74) is 0.914. The maximum Gasteiger partial charge on any atom is 0.310 e. The van der Waals surface area contributed by atoms with Crippen molar-refractivity contribution in [2.24, 2.45) is 0 Å². The Morgan fingerprint density at radius 3 is 2.70 bits per heavy atom. The molecule has 0 radical (unpaired) electrons. The zero-order chi connectivity index (χ0) is 14.5. The van der Waals surface area contributed by atoms with E-state index in [4.69, 9.17) is 16.3 Å². The third kappa shape index (κ3) is 3.33. The summed E-state index contributed by atoms with van der Waals surface area (Å²) in [7, 11) is 0. The lowest BCUT2D eigenvalue weighted by atomic mass is 10.2. The maximum atomic E-state index is 10.9. The van der Waals surface area contributed by atoms with Crippen molar-refractivity contribution in [1.82, 2.24) is 0 Å². The number of hydrogen-bond acceptors (Lipinski definition) is 4. The van der Waals surface area contributed by atoms with E-state index in [1.54, 1.807) is 24.3 Å². The van der Waals surface area contributed by atoms with Crippen LogP contribution in [0.15, 0.2) is 42.5 Å². The summed E-state index contributed by atoms with van der Waals surface area (Å²) < 4.78 is 5.42. The van der Waals surface area contributed by atoms with Gasteiger partial charge in [0.1, 0.15) is 12.9 Å². The van der Waals surface area contributed by atoms with Crippen molar-refractivity contribution in [3.8, 4) is 5.75 Å². The second kappa shape index (κ2) is 6.16. The number of ether oxygens (including phenoxy) is 1. The molecule has 0 saturated carbocycles. The molecule has 0 atom stereocenters. The highest BCUT2D eigenvalue weighted by molar-refractivity contribution is 6.30. The Hall–Kier alpha value is -2.40. The van der Waals surface area contributed by atoms with Gasteiger partial charge in [-0.25, -0.2) is 0 Å². The number of benzene rings is 2. The summed E-state index contributed by atoms with van der Waals surface area (Å²) in [5, 5.41) is 11.5. The van der Waals surface area contributed by atoms with E-state index in [1.807, 2.05) is 0 Å². The van der Waals surface area contributed by atoms with Gasteiger partial charge in [0, 0.05) is 16.7 Å². The molecule has 0 fully saturated rings. The number of nitro benzene ring substituents is 1. The molecule has 0 saturated heterocycles. The lowest BCUT2D eigenvalue weighted by Crippen LogP contribution is -2.00. The first-order valence-electron chi connectivity index (χ1n) is 5.71. The fourth-order valence-electron chi connectivity index (χ4n) is 1.66. The highest BCUT2D eigenvalue weighted by atomic mass is 35.5. The zero-order valence-corrected chi connectivity index (χ0v) is 11.0. The van der Waals surface area contributed by atoms with Gasteiger partial charge in [-0.05, 0) is 29.8 Å². The van der Waals surface area contributed by atoms with Gasteiger partial charge in [0.2, 0.25) is 0 Å². The van der Waals surface area contributed by atoms with E-state index in [1.165, 1.54) is 18.2 Å². The van der Waals surface area contributed by atoms with Gasteiger partial charge in [-0.3, -0.25) is 14.9 Å². The monoisotopic (exact) mass is 291 g/mol. The Balaban J connectivity index is 2.23.